The van der Waals surface area contributed by atoms with Gasteiger partial charge in [0.15, 0.2) is 0 Å². The van der Waals surface area contributed by atoms with E-state index in [4.69, 9.17) is 23.2 Å². The molecule has 1 radical (unpaired) electrons. The summed E-state index contributed by atoms with van der Waals surface area (Å²) in [6.07, 6.45) is 2.37. The van der Waals surface area contributed by atoms with Crippen LogP contribution in [-0.4, -0.2) is 13.1 Å². The standard InChI is InChI=1S/C20H24Cl2N/c1-4-5-10-23-13-18(16-8-6-14(2)19(21)11-16)17-9-7-15(3)20(22)12-17/h6-9,11-12,23H,4-5,10,13H2,1-3H3. The normalized spacial score (nSPS) is 11.2. The van der Waals surface area contributed by atoms with Crippen molar-refractivity contribution < 1.29 is 0 Å². The van der Waals surface area contributed by atoms with E-state index < -0.39 is 0 Å². The van der Waals surface area contributed by atoms with Crippen LogP contribution in [0.2, 0.25) is 10.0 Å². The van der Waals surface area contributed by atoms with Gasteiger partial charge < -0.3 is 5.32 Å². The number of hydrogen-bond acceptors (Lipinski definition) is 1. The predicted molar refractivity (Wildman–Crippen MR) is 102 cm³/mol. The summed E-state index contributed by atoms with van der Waals surface area (Å²) >= 11 is 12.7. The Hall–Kier alpha value is -1.02. The van der Waals surface area contributed by atoms with Gasteiger partial charge in [0.25, 0.3) is 0 Å². The largest absolute Gasteiger partial charge is 0.315 e. The Balaban J connectivity index is 2.29. The predicted octanol–water partition coefficient (Wildman–Crippen LogP) is 5.97. The molecule has 0 aliphatic rings. The molecule has 2 aromatic carbocycles. The number of nitrogens with one attached hydrogen (secondary N) is 1. The Morgan fingerprint density at radius 2 is 1.43 bits per heavy atom. The van der Waals surface area contributed by atoms with Crippen LogP contribution in [0.1, 0.15) is 42.0 Å². The molecular formula is C20H24Cl2N. The summed E-state index contributed by atoms with van der Waals surface area (Å²) in [7, 11) is 0. The molecule has 0 heterocycles. The molecule has 0 spiro atoms. The van der Waals surface area contributed by atoms with E-state index in [0.29, 0.717) is 0 Å². The molecule has 0 fully saturated rings. The molecule has 0 bridgehead atoms. The van der Waals surface area contributed by atoms with Crippen LogP contribution in [0.5, 0.6) is 0 Å². The third kappa shape index (κ3) is 4.97. The first kappa shape index (κ1) is 18.3. The van der Waals surface area contributed by atoms with E-state index in [1.54, 1.807) is 0 Å². The molecule has 2 aromatic rings. The van der Waals surface area contributed by atoms with Gasteiger partial charge in [-0.1, -0.05) is 60.8 Å². The fraction of sp³-hybridized carbons (Fsp3) is 0.350. The highest BCUT2D eigenvalue weighted by molar-refractivity contribution is 6.31. The molecule has 2 rings (SSSR count). The number of unbranched alkanes of at least 4 members (excludes halogenated alkanes) is 1. The van der Waals surface area contributed by atoms with Crippen LogP contribution < -0.4 is 5.32 Å². The second-order valence-corrected chi connectivity index (χ2v) is 6.75. The lowest BCUT2D eigenvalue weighted by Crippen LogP contribution is -2.24. The second-order valence-electron chi connectivity index (χ2n) is 5.94. The highest BCUT2D eigenvalue weighted by Crippen LogP contribution is 2.29. The number of benzene rings is 2. The molecule has 0 atom stereocenters. The smallest absolute Gasteiger partial charge is 0.0477 e. The summed E-state index contributed by atoms with van der Waals surface area (Å²) in [6.45, 7) is 8.06. The summed E-state index contributed by atoms with van der Waals surface area (Å²) in [6, 6.07) is 12.5. The van der Waals surface area contributed by atoms with Crippen LogP contribution in [0.3, 0.4) is 0 Å². The molecule has 3 heteroatoms. The molecule has 0 amide bonds. The van der Waals surface area contributed by atoms with E-state index in [1.807, 2.05) is 26.0 Å². The average molecular weight is 349 g/mol. The van der Waals surface area contributed by atoms with Crippen molar-refractivity contribution in [2.45, 2.75) is 33.6 Å². The second kappa shape index (κ2) is 8.73. The summed E-state index contributed by atoms with van der Waals surface area (Å²) in [5.41, 5.74) is 4.47. The maximum absolute atomic E-state index is 6.33. The van der Waals surface area contributed by atoms with Gasteiger partial charge in [0.1, 0.15) is 0 Å². The zero-order valence-corrected chi connectivity index (χ0v) is 15.6. The minimum Gasteiger partial charge on any atom is -0.315 e. The first-order valence-electron chi connectivity index (χ1n) is 8.12. The SMILES string of the molecule is CCCCNC[C](c1ccc(C)c(Cl)c1)c1ccc(C)c(Cl)c1. The van der Waals surface area contributed by atoms with Crippen molar-refractivity contribution in [1.29, 1.82) is 0 Å². The van der Waals surface area contributed by atoms with Crippen LogP contribution in [0.25, 0.3) is 0 Å². The van der Waals surface area contributed by atoms with Crippen molar-refractivity contribution in [3.8, 4) is 0 Å². The maximum Gasteiger partial charge on any atom is 0.0477 e. The van der Waals surface area contributed by atoms with Gasteiger partial charge in [-0.3, -0.25) is 0 Å². The molecule has 0 aliphatic heterocycles. The van der Waals surface area contributed by atoms with Crippen molar-refractivity contribution in [3.05, 3.63) is 74.6 Å². The van der Waals surface area contributed by atoms with Crippen molar-refractivity contribution >= 4 is 23.2 Å². The van der Waals surface area contributed by atoms with Crippen LogP contribution in [0.4, 0.5) is 0 Å². The first-order chi connectivity index (χ1) is 11.0. The van der Waals surface area contributed by atoms with Gasteiger partial charge >= 0.3 is 0 Å². The van der Waals surface area contributed by atoms with Gasteiger partial charge in [-0.2, -0.15) is 0 Å². The van der Waals surface area contributed by atoms with E-state index in [0.717, 1.165) is 45.4 Å². The Bertz CT molecular complexity index is 601. The van der Waals surface area contributed by atoms with Crippen LogP contribution >= 0.6 is 23.2 Å². The number of hydrogen-bond donors (Lipinski definition) is 1. The Kier molecular flexibility index (Phi) is 6.95. The van der Waals surface area contributed by atoms with Crippen LogP contribution in [-0.2, 0) is 0 Å². The lowest BCUT2D eigenvalue weighted by atomic mass is 9.90. The van der Waals surface area contributed by atoms with E-state index in [1.165, 1.54) is 18.8 Å². The summed E-state index contributed by atoms with van der Waals surface area (Å²) in [5, 5.41) is 5.12. The zero-order valence-electron chi connectivity index (χ0n) is 14.0. The lowest BCUT2D eigenvalue weighted by molar-refractivity contribution is 0.658. The number of rotatable bonds is 7. The lowest BCUT2D eigenvalue weighted by Gasteiger charge is -2.19. The van der Waals surface area contributed by atoms with Crippen molar-refractivity contribution in [2.24, 2.45) is 0 Å². The van der Waals surface area contributed by atoms with Crippen molar-refractivity contribution in [3.63, 3.8) is 0 Å². The third-order valence-corrected chi connectivity index (χ3v) is 4.86. The summed E-state index contributed by atoms with van der Waals surface area (Å²) in [5.74, 6) is 1.23. The molecule has 1 nitrogen and oxygen atoms in total. The first-order valence-corrected chi connectivity index (χ1v) is 8.88. The Morgan fingerprint density at radius 3 is 1.87 bits per heavy atom. The number of aryl methyl sites for hydroxylation is 2. The summed E-state index contributed by atoms with van der Waals surface area (Å²) in [4.78, 5) is 0. The van der Waals surface area contributed by atoms with Crippen molar-refractivity contribution in [2.75, 3.05) is 13.1 Å². The van der Waals surface area contributed by atoms with E-state index in [9.17, 15) is 0 Å². The molecule has 23 heavy (non-hydrogen) atoms. The molecule has 1 N–H and O–H groups in total. The topological polar surface area (TPSA) is 12.0 Å². The molecule has 0 aromatic heterocycles. The van der Waals surface area contributed by atoms with Crippen LogP contribution in [0.15, 0.2) is 36.4 Å². The van der Waals surface area contributed by atoms with Crippen LogP contribution in [0, 0.1) is 19.8 Å². The molecular weight excluding hydrogens is 325 g/mol. The van der Waals surface area contributed by atoms with Gasteiger partial charge in [-0.05, 0) is 61.2 Å². The molecule has 123 valence electrons. The molecule has 0 unspecified atom stereocenters. The highest BCUT2D eigenvalue weighted by atomic mass is 35.5. The highest BCUT2D eigenvalue weighted by Gasteiger charge is 2.16. The van der Waals surface area contributed by atoms with E-state index in [-0.39, 0.29) is 0 Å². The van der Waals surface area contributed by atoms with Gasteiger partial charge in [0.05, 0.1) is 0 Å². The quantitative estimate of drug-likeness (QED) is 0.607. The zero-order chi connectivity index (χ0) is 16.8. The van der Waals surface area contributed by atoms with E-state index in [2.05, 4.69) is 36.5 Å². The molecule has 0 saturated heterocycles. The fourth-order valence-corrected chi connectivity index (χ4v) is 2.81. The van der Waals surface area contributed by atoms with Gasteiger partial charge in [0.2, 0.25) is 0 Å². The molecule has 0 saturated carbocycles. The average Bonchev–Trinajstić information content (AvgIpc) is 2.53. The van der Waals surface area contributed by atoms with Gasteiger partial charge in [0, 0.05) is 22.5 Å². The van der Waals surface area contributed by atoms with E-state index >= 15 is 0 Å². The third-order valence-electron chi connectivity index (χ3n) is 4.05. The summed E-state index contributed by atoms with van der Waals surface area (Å²) < 4.78 is 0. The Labute approximate surface area is 150 Å². The van der Waals surface area contributed by atoms with Gasteiger partial charge in [-0.15, -0.1) is 0 Å². The minimum absolute atomic E-state index is 0.798. The van der Waals surface area contributed by atoms with Gasteiger partial charge in [-0.25, -0.2) is 0 Å². The number of halogens is 2. The minimum atomic E-state index is 0.798. The molecule has 0 aliphatic carbocycles. The van der Waals surface area contributed by atoms with Crippen molar-refractivity contribution in [1.82, 2.24) is 5.32 Å². The Morgan fingerprint density at radius 1 is 0.913 bits per heavy atom. The fourth-order valence-electron chi connectivity index (χ4n) is 2.45. The monoisotopic (exact) mass is 348 g/mol. The maximum atomic E-state index is 6.33.